The standard InChI is InChI=1S/C16H26N5O6PS/c1-4-5-10-12(27-28(22,29)24-3)13(25-7-6-23-2)16(26-10)21-9-20-11-14(17)18-8-19-15(11)21/h8-10,12-13,16H,4-7H2,1-3H3,(H,22,29)(H2,17,18,19)/t10-,12?,13+,16-,28?/m1/s1. The molecular weight excluding hydrogens is 421 g/mol. The lowest BCUT2D eigenvalue weighted by Crippen LogP contribution is -2.37. The fraction of sp³-hybridized carbons (Fsp3) is 0.688. The number of hydrogen-bond donors (Lipinski definition) is 2. The van der Waals surface area contributed by atoms with Crippen LogP contribution < -0.4 is 5.73 Å². The van der Waals surface area contributed by atoms with E-state index in [2.05, 4.69) is 15.0 Å². The van der Waals surface area contributed by atoms with Gasteiger partial charge in [0, 0.05) is 14.2 Å². The molecule has 11 nitrogen and oxygen atoms in total. The molecule has 2 aromatic heterocycles. The van der Waals surface area contributed by atoms with Gasteiger partial charge in [-0.05, 0) is 18.2 Å². The molecule has 0 amide bonds. The van der Waals surface area contributed by atoms with Crippen molar-refractivity contribution in [1.29, 1.82) is 0 Å². The van der Waals surface area contributed by atoms with Crippen LogP contribution in [0.3, 0.4) is 0 Å². The predicted molar refractivity (Wildman–Crippen MR) is 109 cm³/mol. The van der Waals surface area contributed by atoms with Crippen LogP contribution in [0.5, 0.6) is 0 Å². The summed E-state index contributed by atoms with van der Waals surface area (Å²) in [5.74, 6) is 0.270. The van der Waals surface area contributed by atoms with Crippen molar-refractivity contribution in [2.75, 3.05) is 33.2 Å². The van der Waals surface area contributed by atoms with E-state index in [1.165, 1.54) is 13.4 Å². The van der Waals surface area contributed by atoms with Crippen molar-refractivity contribution in [3.8, 4) is 0 Å². The fourth-order valence-corrected chi connectivity index (χ4v) is 4.22. The third kappa shape index (κ3) is 4.92. The van der Waals surface area contributed by atoms with Crippen LogP contribution in [-0.2, 0) is 35.1 Å². The number of methoxy groups -OCH3 is 1. The molecule has 1 fully saturated rings. The molecule has 2 unspecified atom stereocenters. The monoisotopic (exact) mass is 447 g/mol. The Morgan fingerprint density at radius 3 is 2.76 bits per heavy atom. The molecule has 1 aliphatic rings. The van der Waals surface area contributed by atoms with Crippen LogP contribution in [0.1, 0.15) is 26.0 Å². The van der Waals surface area contributed by atoms with Crippen LogP contribution in [-0.4, -0.2) is 70.2 Å². The summed E-state index contributed by atoms with van der Waals surface area (Å²) in [4.78, 5) is 22.8. The number of nitrogens with two attached hydrogens (primary N) is 1. The van der Waals surface area contributed by atoms with E-state index < -0.39 is 25.2 Å². The highest BCUT2D eigenvalue weighted by molar-refractivity contribution is 8.07. The average Bonchev–Trinajstić information content (AvgIpc) is 3.25. The molecule has 0 spiro atoms. The van der Waals surface area contributed by atoms with Gasteiger partial charge in [0.2, 0.25) is 0 Å². The largest absolute Gasteiger partial charge is 0.382 e. The maximum absolute atomic E-state index is 10.3. The number of aromatic nitrogens is 4. The van der Waals surface area contributed by atoms with E-state index in [0.29, 0.717) is 30.8 Å². The molecule has 13 heteroatoms. The summed E-state index contributed by atoms with van der Waals surface area (Å²) in [6.07, 6.45) is 2.19. The summed E-state index contributed by atoms with van der Waals surface area (Å²) in [6.45, 7) is -0.742. The van der Waals surface area contributed by atoms with Crippen molar-refractivity contribution in [3.63, 3.8) is 0 Å². The van der Waals surface area contributed by atoms with Crippen LogP contribution in [0.25, 0.3) is 11.2 Å². The highest BCUT2D eigenvalue weighted by Crippen LogP contribution is 2.49. The lowest BCUT2D eigenvalue weighted by molar-refractivity contribution is -0.0755. The summed E-state index contributed by atoms with van der Waals surface area (Å²) in [7, 11) is 2.90. The molecule has 0 bridgehead atoms. The van der Waals surface area contributed by atoms with Crippen molar-refractivity contribution in [3.05, 3.63) is 12.7 Å². The number of nitrogens with zero attached hydrogens (tertiary/aromatic N) is 4. The second-order valence-electron chi connectivity index (χ2n) is 6.49. The molecule has 162 valence electrons. The first-order valence-corrected chi connectivity index (χ1v) is 11.8. The van der Waals surface area contributed by atoms with Crippen molar-refractivity contribution in [1.82, 2.24) is 19.5 Å². The zero-order chi connectivity index (χ0) is 21.0. The van der Waals surface area contributed by atoms with Crippen molar-refractivity contribution >= 4 is 35.5 Å². The minimum absolute atomic E-state index is 0.270. The smallest absolute Gasteiger partial charge is 0.324 e. The number of nitrogen functional groups attached to an aromatic ring is 1. The van der Waals surface area contributed by atoms with Crippen LogP contribution in [0.2, 0.25) is 0 Å². The number of ether oxygens (including phenoxy) is 3. The highest BCUT2D eigenvalue weighted by Gasteiger charge is 2.49. The Morgan fingerprint density at radius 1 is 1.28 bits per heavy atom. The van der Waals surface area contributed by atoms with Gasteiger partial charge in [-0.2, -0.15) is 0 Å². The number of anilines is 1. The van der Waals surface area contributed by atoms with Gasteiger partial charge in [0.15, 0.2) is 17.7 Å². The summed E-state index contributed by atoms with van der Waals surface area (Å²) in [6, 6.07) is 0. The maximum Gasteiger partial charge on any atom is 0.324 e. The predicted octanol–water partition coefficient (Wildman–Crippen LogP) is 1.39. The summed E-state index contributed by atoms with van der Waals surface area (Å²) >= 11 is 5.07. The number of imidazole rings is 1. The average molecular weight is 447 g/mol. The number of hydrogen-bond acceptors (Lipinski definition) is 10. The van der Waals surface area contributed by atoms with E-state index >= 15 is 0 Å². The van der Waals surface area contributed by atoms with Crippen molar-refractivity contribution in [2.24, 2.45) is 0 Å². The maximum atomic E-state index is 10.3. The van der Waals surface area contributed by atoms with Crippen LogP contribution in [0.15, 0.2) is 12.7 Å². The fourth-order valence-electron chi connectivity index (χ4n) is 3.27. The van der Waals surface area contributed by atoms with E-state index in [1.807, 2.05) is 6.92 Å². The molecule has 3 heterocycles. The zero-order valence-corrected chi connectivity index (χ0v) is 18.2. The zero-order valence-electron chi connectivity index (χ0n) is 16.5. The Balaban J connectivity index is 1.98. The van der Waals surface area contributed by atoms with Crippen molar-refractivity contribution in [2.45, 2.75) is 44.3 Å². The van der Waals surface area contributed by atoms with E-state index in [1.54, 1.807) is 18.0 Å². The Bertz CT molecular complexity index is 869. The minimum atomic E-state index is -3.45. The topological polar surface area (TPSA) is 136 Å². The lowest BCUT2D eigenvalue weighted by Gasteiger charge is -2.27. The van der Waals surface area contributed by atoms with Gasteiger partial charge in [0.05, 0.1) is 25.6 Å². The molecule has 5 atom stereocenters. The quantitative estimate of drug-likeness (QED) is 0.404. The lowest BCUT2D eigenvalue weighted by atomic mass is 10.1. The summed E-state index contributed by atoms with van der Waals surface area (Å²) in [5.41, 5.74) is 6.88. The van der Waals surface area contributed by atoms with Gasteiger partial charge in [-0.3, -0.25) is 9.09 Å². The molecule has 3 rings (SSSR count). The first kappa shape index (κ1) is 22.4. The normalized spacial score (nSPS) is 26.8. The molecule has 0 radical (unpaired) electrons. The second kappa shape index (κ2) is 9.71. The third-order valence-electron chi connectivity index (χ3n) is 4.60. The van der Waals surface area contributed by atoms with Gasteiger partial charge in [-0.15, -0.1) is 0 Å². The molecule has 0 aromatic carbocycles. The highest BCUT2D eigenvalue weighted by atomic mass is 32.5. The molecule has 2 aromatic rings. The minimum Gasteiger partial charge on any atom is -0.382 e. The van der Waals surface area contributed by atoms with Gasteiger partial charge < -0.3 is 29.4 Å². The van der Waals surface area contributed by atoms with E-state index in [-0.39, 0.29) is 11.9 Å². The van der Waals surface area contributed by atoms with Crippen LogP contribution in [0, 0.1) is 0 Å². The molecule has 0 saturated carbocycles. The first-order valence-electron chi connectivity index (χ1n) is 9.17. The summed E-state index contributed by atoms with van der Waals surface area (Å²) < 4.78 is 29.9. The van der Waals surface area contributed by atoms with Gasteiger partial charge in [0.25, 0.3) is 0 Å². The molecule has 0 aliphatic carbocycles. The molecule has 3 N–H and O–H groups in total. The van der Waals surface area contributed by atoms with Crippen molar-refractivity contribution < 1.29 is 28.2 Å². The van der Waals surface area contributed by atoms with Gasteiger partial charge >= 0.3 is 6.72 Å². The van der Waals surface area contributed by atoms with E-state index in [0.717, 1.165) is 6.42 Å². The van der Waals surface area contributed by atoms with E-state index in [9.17, 15) is 4.89 Å². The third-order valence-corrected chi connectivity index (χ3v) is 6.28. The molecular formula is C16H26N5O6PS. The Morgan fingerprint density at radius 2 is 2.07 bits per heavy atom. The van der Waals surface area contributed by atoms with Gasteiger partial charge in [-0.25, -0.2) is 15.0 Å². The van der Waals surface area contributed by atoms with Gasteiger partial charge in [0.1, 0.15) is 24.1 Å². The SMILES string of the molecule is CCC[C@H]1O[C@@H](n2cnc3c(N)ncnc32)[C@@H](OCCOC)C1OP(O)(=S)OC. The van der Waals surface area contributed by atoms with Crippen LogP contribution >= 0.6 is 6.72 Å². The number of rotatable bonds is 10. The Kier molecular flexibility index (Phi) is 7.52. The first-order chi connectivity index (χ1) is 13.9. The summed E-state index contributed by atoms with van der Waals surface area (Å²) in [5, 5.41) is 0. The Hall–Kier alpha value is -1.24. The second-order valence-corrected chi connectivity index (χ2v) is 9.38. The molecule has 1 aliphatic heterocycles. The number of fused-ring (bicyclic) bond motifs is 1. The van der Waals surface area contributed by atoms with E-state index in [4.69, 9.17) is 40.8 Å². The molecule has 29 heavy (non-hydrogen) atoms. The van der Waals surface area contributed by atoms with Gasteiger partial charge in [-0.1, -0.05) is 13.3 Å². The Labute approximate surface area is 173 Å². The van der Waals surface area contributed by atoms with Crippen LogP contribution in [0.4, 0.5) is 5.82 Å². The molecule has 1 saturated heterocycles.